The number of methoxy groups -OCH3 is 2. The van der Waals surface area contributed by atoms with Crippen LogP contribution in [-0.4, -0.2) is 20.1 Å². The molecule has 1 unspecified atom stereocenters. The third-order valence-electron chi connectivity index (χ3n) is 4.38. The second-order valence-corrected chi connectivity index (χ2v) is 6.18. The molecule has 1 saturated carbocycles. The molecule has 1 N–H and O–H groups in total. The molecule has 0 spiro atoms. The van der Waals surface area contributed by atoms with Crippen molar-refractivity contribution in [3.05, 3.63) is 65.7 Å². The van der Waals surface area contributed by atoms with Crippen molar-refractivity contribution in [2.24, 2.45) is 5.92 Å². The van der Waals surface area contributed by atoms with Crippen LogP contribution in [-0.2, 0) is 4.79 Å². The van der Waals surface area contributed by atoms with E-state index in [1.807, 2.05) is 36.4 Å². The van der Waals surface area contributed by atoms with Gasteiger partial charge in [-0.05, 0) is 48.1 Å². The largest absolute Gasteiger partial charge is 0.493 e. The second kappa shape index (κ2) is 7.88. The molecule has 0 saturated heterocycles. The van der Waals surface area contributed by atoms with Crippen LogP contribution in [0.5, 0.6) is 11.5 Å². The van der Waals surface area contributed by atoms with Gasteiger partial charge in [-0.2, -0.15) is 0 Å². The summed E-state index contributed by atoms with van der Waals surface area (Å²) in [5.74, 6) is 1.77. The van der Waals surface area contributed by atoms with Gasteiger partial charge in [0.25, 0.3) is 0 Å². The van der Waals surface area contributed by atoms with Crippen LogP contribution >= 0.6 is 0 Å². The van der Waals surface area contributed by atoms with Crippen LogP contribution in [0.3, 0.4) is 0 Å². The fraction of sp³-hybridized carbons (Fsp3) is 0.286. The number of carbonyl (C=O) groups excluding carboxylic acids is 1. The van der Waals surface area contributed by atoms with Crippen molar-refractivity contribution < 1.29 is 14.3 Å². The first-order chi connectivity index (χ1) is 12.2. The van der Waals surface area contributed by atoms with Crippen LogP contribution in [0, 0.1) is 5.92 Å². The van der Waals surface area contributed by atoms with Crippen molar-refractivity contribution in [2.75, 3.05) is 14.2 Å². The van der Waals surface area contributed by atoms with Gasteiger partial charge >= 0.3 is 0 Å². The summed E-state index contributed by atoms with van der Waals surface area (Å²) < 4.78 is 10.5. The third-order valence-corrected chi connectivity index (χ3v) is 4.38. The maximum absolute atomic E-state index is 12.4. The van der Waals surface area contributed by atoms with E-state index >= 15 is 0 Å². The number of hydrogen-bond donors (Lipinski definition) is 1. The molecule has 0 aliphatic heterocycles. The van der Waals surface area contributed by atoms with Gasteiger partial charge in [0.1, 0.15) is 0 Å². The molecule has 130 valence electrons. The molecule has 0 aromatic heterocycles. The Morgan fingerprint density at radius 1 is 1.08 bits per heavy atom. The monoisotopic (exact) mass is 337 g/mol. The summed E-state index contributed by atoms with van der Waals surface area (Å²) in [6.07, 6.45) is 5.68. The Kier molecular flexibility index (Phi) is 5.39. The molecule has 4 heteroatoms. The van der Waals surface area contributed by atoms with Crippen molar-refractivity contribution in [3.63, 3.8) is 0 Å². The van der Waals surface area contributed by atoms with E-state index in [1.165, 1.54) is 12.8 Å². The number of ether oxygens (including phenoxy) is 2. The van der Waals surface area contributed by atoms with Gasteiger partial charge in [-0.25, -0.2) is 0 Å². The SMILES string of the molecule is COc1ccc(/C=C/C(=O)NC(c2ccccc2)C2CC2)cc1OC. The summed E-state index contributed by atoms with van der Waals surface area (Å²) in [7, 11) is 3.20. The number of nitrogens with one attached hydrogen (secondary N) is 1. The highest BCUT2D eigenvalue weighted by molar-refractivity contribution is 5.92. The lowest BCUT2D eigenvalue weighted by molar-refractivity contribution is -0.117. The predicted octanol–water partition coefficient (Wildman–Crippen LogP) is 3.98. The Morgan fingerprint density at radius 2 is 1.80 bits per heavy atom. The lowest BCUT2D eigenvalue weighted by atomic mass is 10.0. The van der Waals surface area contributed by atoms with Crippen LogP contribution in [0.25, 0.3) is 6.08 Å². The average Bonchev–Trinajstić information content (AvgIpc) is 3.50. The molecule has 1 atom stereocenters. The van der Waals surface area contributed by atoms with Gasteiger partial charge in [-0.1, -0.05) is 36.4 Å². The summed E-state index contributed by atoms with van der Waals surface area (Å²) >= 11 is 0. The molecule has 1 amide bonds. The van der Waals surface area contributed by atoms with Gasteiger partial charge in [0, 0.05) is 6.08 Å². The molecule has 25 heavy (non-hydrogen) atoms. The molecule has 2 aromatic rings. The van der Waals surface area contributed by atoms with Gasteiger partial charge in [0.05, 0.1) is 20.3 Å². The smallest absolute Gasteiger partial charge is 0.244 e. The molecular weight excluding hydrogens is 314 g/mol. The number of hydrogen-bond acceptors (Lipinski definition) is 3. The number of carbonyl (C=O) groups is 1. The Balaban J connectivity index is 1.68. The molecule has 1 aliphatic carbocycles. The first-order valence-corrected chi connectivity index (χ1v) is 8.47. The molecule has 1 fully saturated rings. The van der Waals surface area contributed by atoms with Gasteiger partial charge in [-0.3, -0.25) is 4.79 Å². The highest BCUT2D eigenvalue weighted by atomic mass is 16.5. The van der Waals surface area contributed by atoms with Crippen molar-refractivity contribution in [3.8, 4) is 11.5 Å². The quantitative estimate of drug-likeness (QED) is 0.777. The molecular formula is C21H23NO3. The number of rotatable bonds is 7. The zero-order valence-corrected chi connectivity index (χ0v) is 14.6. The van der Waals surface area contributed by atoms with E-state index in [9.17, 15) is 4.79 Å². The number of benzene rings is 2. The van der Waals surface area contributed by atoms with Crippen molar-refractivity contribution in [1.82, 2.24) is 5.32 Å². The van der Waals surface area contributed by atoms with Crippen LogP contribution in [0.2, 0.25) is 0 Å². The standard InChI is InChI=1S/C21H23NO3/c1-24-18-12-8-15(14-19(18)25-2)9-13-20(23)22-21(17-10-11-17)16-6-4-3-5-7-16/h3-9,12-14,17,21H,10-11H2,1-2H3,(H,22,23)/b13-9+. The van der Waals surface area contributed by atoms with E-state index in [0.29, 0.717) is 17.4 Å². The minimum absolute atomic E-state index is 0.0868. The molecule has 2 aromatic carbocycles. The first kappa shape index (κ1) is 17.1. The molecule has 1 aliphatic rings. The van der Waals surface area contributed by atoms with E-state index in [0.717, 1.165) is 11.1 Å². The average molecular weight is 337 g/mol. The zero-order chi connectivity index (χ0) is 17.6. The van der Waals surface area contributed by atoms with Gasteiger partial charge in [-0.15, -0.1) is 0 Å². The zero-order valence-electron chi connectivity index (χ0n) is 14.6. The molecule has 3 rings (SSSR count). The lowest BCUT2D eigenvalue weighted by Crippen LogP contribution is -2.28. The molecule has 0 bridgehead atoms. The van der Waals surface area contributed by atoms with E-state index in [1.54, 1.807) is 26.4 Å². The summed E-state index contributed by atoms with van der Waals surface area (Å²) in [5.41, 5.74) is 2.05. The fourth-order valence-corrected chi connectivity index (χ4v) is 2.89. The van der Waals surface area contributed by atoms with Gasteiger partial charge in [0.15, 0.2) is 11.5 Å². The molecule has 0 radical (unpaired) electrons. The third kappa shape index (κ3) is 4.41. The Hall–Kier alpha value is -2.75. The van der Waals surface area contributed by atoms with Gasteiger partial charge < -0.3 is 14.8 Å². The van der Waals surface area contributed by atoms with E-state index in [-0.39, 0.29) is 11.9 Å². The topological polar surface area (TPSA) is 47.6 Å². The van der Waals surface area contributed by atoms with Crippen LogP contribution in [0.1, 0.15) is 30.0 Å². The van der Waals surface area contributed by atoms with Crippen LogP contribution < -0.4 is 14.8 Å². The highest BCUT2D eigenvalue weighted by Crippen LogP contribution is 2.40. The minimum atomic E-state index is -0.0875. The Labute approximate surface area is 148 Å². The van der Waals surface area contributed by atoms with Crippen LogP contribution in [0.15, 0.2) is 54.6 Å². The normalized spacial score (nSPS) is 15.0. The van der Waals surface area contributed by atoms with E-state index < -0.39 is 0 Å². The predicted molar refractivity (Wildman–Crippen MR) is 98.6 cm³/mol. The van der Waals surface area contributed by atoms with Crippen molar-refractivity contribution in [2.45, 2.75) is 18.9 Å². The highest BCUT2D eigenvalue weighted by Gasteiger charge is 2.32. The van der Waals surface area contributed by atoms with Crippen LogP contribution in [0.4, 0.5) is 0 Å². The van der Waals surface area contributed by atoms with E-state index in [4.69, 9.17) is 9.47 Å². The summed E-state index contributed by atoms with van der Waals surface area (Å²) in [4.78, 5) is 12.4. The summed E-state index contributed by atoms with van der Waals surface area (Å²) in [6, 6.07) is 15.8. The molecule has 4 nitrogen and oxygen atoms in total. The van der Waals surface area contributed by atoms with E-state index in [2.05, 4.69) is 17.4 Å². The Morgan fingerprint density at radius 3 is 2.44 bits per heavy atom. The second-order valence-electron chi connectivity index (χ2n) is 6.18. The maximum atomic E-state index is 12.4. The Bertz CT molecular complexity index is 751. The lowest BCUT2D eigenvalue weighted by Gasteiger charge is -2.17. The fourth-order valence-electron chi connectivity index (χ4n) is 2.89. The summed E-state index contributed by atoms with van der Waals surface area (Å²) in [6.45, 7) is 0. The number of amides is 1. The van der Waals surface area contributed by atoms with Crippen molar-refractivity contribution in [1.29, 1.82) is 0 Å². The van der Waals surface area contributed by atoms with Crippen molar-refractivity contribution >= 4 is 12.0 Å². The first-order valence-electron chi connectivity index (χ1n) is 8.47. The minimum Gasteiger partial charge on any atom is -0.493 e. The van der Waals surface area contributed by atoms with Gasteiger partial charge in [0.2, 0.25) is 5.91 Å². The molecule has 0 heterocycles. The summed E-state index contributed by atoms with van der Waals surface area (Å²) in [5, 5.41) is 3.13. The maximum Gasteiger partial charge on any atom is 0.244 e.